The Hall–Kier alpha value is -0.200. The molecular weight excluding hydrogens is 364 g/mol. The summed E-state index contributed by atoms with van der Waals surface area (Å²) in [6.45, 7) is 0. The lowest BCUT2D eigenvalue weighted by molar-refractivity contribution is 0.551. The van der Waals surface area contributed by atoms with Gasteiger partial charge in [0, 0.05) is 14.3 Å². The van der Waals surface area contributed by atoms with Gasteiger partial charge in [0.15, 0.2) is 0 Å². The fourth-order valence-corrected chi connectivity index (χ4v) is 3.77. The molecule has 1 aromatic heterocycles. The second-order valence-corrected chi connectivity index (χ2v) is 6.24. The van der Waals surface area contributed by atoms with Crippen molar-refractivity contribution < 1.29 is 0 Å². The van der Waals surface area contributed by atoms with Crippen LogP contribution in [0.3, 0.4) is 0 Å². The van der Waals surface area contributed by atoms with Crippen molar-refractivity contribution in [3.63, 3.8) is 0 Å². The lowest BCUT2D eigenvalue weighted by atomic mass is 10.0. The molecule has 1 unspecified atom stereocenters. The van der Waals surface area contributed by atoms with Crippen molar-refractivity contribution >= 4 is 43.2 Å². The van der Waals surface area contributed by atoms with Crippen LogP contribution in [0, 0.1) is 0 Å². The molecule has 90 valence electrons. The molecule has 17 heavy (non-hydrogen) atoms. The Morgan fingerprint density at radius 3 is 2.71 bits per heavy atom. The fraction of sp³-hybridized carbons (Fsp3) is 0.167. The van der Waals surface area contributed by atoms with E-state index in [1.54, 1.807) is 11.3 Å². The van der Waals surface area contributed by atoms with Crippen LogP contribution >= 0.6 is 43.2 Å². The summed E-state index contributed by atoms with van der Waals surface area (Å²) >= 11 is 8.69. The first-order valence-corrected chi connectivity index (χ1v) is 7.65. The maximum atomic E-state index is 5.64. The number of rotatable bonds is 4. The molecule has 0 aliphatic carbocycles. The zero-order valence-corrected chi connectivity index (χ0v) is 13.0. The van der Waals surface area contributed by atoms with E-state index in [-0.39, 0.29) is 6.04 Å². The maximum absolute atomic E-state index is 5.64. The summed E-state index contributed by atoms with van der Waals surface area (Å²) in [6, 6.07) is 8.41. The number of nitrogens with two attached hydrogens (primary N) is 1. The van der Waals surface area contributed by atoms with E-state index >= 15 is 0 Å². The largest absolute Gasteiger partial charge is 0.271 e. The molecule has 0 fully saturated rings. The minimum absolute atomic E-state index is 0.130. The SMILES string of the molecule is NNC(Cc1cccc(Br)c1)c1cscc1Br. The highest BCUT2D eigenvalue weighted by Gasteiger charge is 2.14. The summed E-state index contributed by atoms with van der Waals surface area (Å²) < 4.78 is 2.20. The lowest BCUT2D eigenvalue weighted by Gasteiger charge is -2.15. The zero-order valence-electron chi connectivity index (χ0n) is 8.99. The highest BCUT2D eigenvalue weighted by atomic mass is 79.9. The number of hydrogen-bond acceptors (Lipinski definition) is 3. The van der Waals surface area contributed by atoms with Gasteiger partial charge in [-0.25, -0.2) is 0 Å². The molecule has 2 rings (SSSR count). The summed E-state index contributed by atoms with van der Waals surface area (Å²) in [5.41, 5.74) is 5.33. The Morgan fingerprint density at radius 1 is 1.29 bits per heavy atom. The molecule has 0 aliphatic heterocycles. The lowest BCUT2D eigenvalue weighted by Crippen LogP contribution is -2.29. The molecule has 2 aromatic rings. The summed E-state index contributed by atoms with van der Waals surface area (Å²) in [4.78, 5) is 0. The zero-order chi connectivity index (χ0) is 12.3. The fourth-order valence-electron chi connectivity index (χ4n) is 1.70. The van der Waals surface area contributed by atoms with Crippen molar-refractivity contribution in [2.45, 2.75) is 12.5 Å². The third kappa shape index (κ3) is 3.39. The second-order valence-electron chi connectivity index (χ2n) is 3.73. The van der Waals surface area contributed by atoms with Crippen LogP contribution in [0.15, 0.2) is 44.0 Å². The molecule has 5 heteroatoms. The molecule has 1 aromatic carbocycles. The number of hydrazine groups is 1. The van der Waals surface area contributed by atoms with E-state index in [9.17, 15) is 0 Å². The quantitative estimate of drug-likeness (QED) is 0.625. The van der Waals surface area contributed by atoms with Gasteiger partial charge in [-0.15, -0.1) is 0 Å². The summed E-state index contributed by atoms with van der Waals surface area (Å²) in [7, 11) is 0. The van der Waals surface area contributed by atoms with Gasteiger partial charge in [0.25, 0.3) is 0 Å². The Morgan fingerprint density at radius 2 is 2.12 bits per heavy atom. The van der Waals surface area contributed by atoms with Gasteiger partial charge in [-0.2, -0.15) is 11.3 Å². The Balaban J connectivity index is 2.19. The molecule has 2 nitrogen and oxygen atoms in total. The van der Waals surface area contributed by atoms with Crippen molar-refractivity contribution in [2.75, 3.05) is 0 Å². The first kappa shape index (κ1) is 13.2. The minimum atomic E-state index is 0.130. The average molecular weight is 376 g/mol. The number of nitrogens with one attached hydrogen (secondary N) is 1. The topological polar surface area (TPSA) is 38.0 Å². The molecule has 0 bridgehead atoms. The van der Waals surface area contributed by atoms with Gasteiger partial charge in [0.2, 0.25) is 0 Å². The number of thiophene rings is 1. The molecule has 0 saturated heterocycles. The average Bonchev–Trinajstić information content (AvgIpc) is 2.72. The predicted molar refractivity (Wildman–Crippen MR) is 79.9 cm³/mol. The monoisotopic (exact) mass is 374 g/mol. The smallest absolute Gasteiger partial charge is 0.0519 e. The second kappa shape index (κ2) is 6.11. The van der Waals surface area contributed by atoms with Gasteiger partial charge < -0.3 is 0 Å². The molecule has 3 N–H and O–H groups in total. The van der Waals surface area contributed by atoms with Crippen LogP contribution in [-0.2, 0) is 6.42 Å². The van der Waals surface area contributed by atoms with E-state index in [0.29, 0.717) is 0 Å². The number of hydrogen-bond donors (Lipinski definition) is 2. The molecule has 0 aliphatic rings. The highest BCUT2D eigenvalue weighted by molar-refractivity contribution is 9.10. The van der Waals surface area contributed by atoms with Gasteiger partial charge in [0.1, 0.15) is 0 Å². The molecule has 1 atom stereocenters. The van der Waals surface area contributed by atoms with Gasteiger partial charge in [-0.05, 0) is 51.0 Å². The van der Waals surface area contributed by atoms with E-state index < -0.39 is 0 Å². The van der Waals surface area contributed by atoms with Crippen molar-refractivity contribution in [3.05, 3.63) is 55.1 Å². The van der Waals surface area contributed by atoms with Gasteiger partial charge in [-0.3, -0.25) is 11.3 Å². The van der Waals surface area contributed by atoms with Gasteiger partial charge in [0.05, 0.1) is 6.04 Å². The van der Waals surface area contributed by atoms with E-state index in [2.05, 4.69) is 60.2 Å². The molecule has 0 amide bonds. The van der Waals surface area contributed by atoms with Crippen molar-refractivity contribution in [2.24, 2.45) is 5.84 Å². The number of halogens is 2. The predicted octanol–water partition coefficient (Wildman–Crippen LogP) is 4.02. The van der Waals surface area contributed by atoms with Crippen molar-refractivity contribution in [3.8, 4) is 0 Å². The molecular formula is C12H12Br2N2S. The first-order valence-electron chi connectivity index (χ1n) is 5.13. The summed E-state index contributed by atoms with van der Waals surface area (Å²) in [5.74, 6) is 5.64. The summed E-state index contributed by atoms with van der Waals surface area (Å²) in [6.07, 6.45) is 0.866. The first-order chi connectivity index (χ1) is 8.20. The summed E-state index contributed by atoms with van der Waals surface area (Å²) in [5, 5.41) is 4.19. The third-order valence-corrected chi connectivity index (χ3v) is 4.79. The van der Waals surface area contributed by atoms with Gasteiger partial charge in [-0.1, -0.05) is 28.1 Å². The molecule has 0 radical (unpaired) electrons. The number of benzene rings is 1. The van der Waals surface area contributed by atoms with Crippen LogP contribution in [-0.4, -0.2) is 0 Å². The van der Waals surface area contributed by atoms with Crippen molar-refractivity contribution in [1.29, 1.82) is 0 Å². The third-order valence-electron chi connectivity index (χ3n) is 2.55. The van der Waals surface area contributed by atoms with Crippen LogP contribution < -0.4 is 11.3 Å². The van der Waals surface area contributed by atoms with Crippen molar-refractivity contribution in [1.82, 2.24) is 5.43 Å². The maximum Gasteiger partial charge on any atom is 0.0519 e. The van der Waals surface area contributed by atoms with E-state index in [1.165, 1.54) is 11.1 Å². The molecule has 1 heterocycles. The standard InChI is InChI=1S/C12H12Br2N2S/c13-9-3-1-2-8(4-9)5-12(16-15)10-6-17-7-11(10)14/h1-4,6-7,12,16H,5,15H2. The molecule has 0 saturated carbocycles. The van der Waals surface area contributed by atoms with Crippen LogP contribution in [0.5, 0.6) is 0 Å². The van der Waals surface area contributed by atoms with E-state index in [0.717, 1.165) is 15.4 Å². The van der Waals surface area contributed by atoms with Crippen LogP contribution in [0.4, 0.5) is 0 Å². The Labute approximate surface area is 121 Å². The molecule has 0 spiro atoms. The minimum Gasteiger partial charge on any atom is -0.271 e. The highest BCUT2D eigenvalue weighted by Crippen LogP contribution is 2.29. The Bertz CT molecular complexity index is 499. The Kier molecular flexibility index (Phi) is 4.76. The van der Waals surface area contributed by atoms with Crippen LogP contribution in [0.2, 0.25) is 0 Å². The van der Waals surface area contributed by atoms with E-state index in [1.807, 2.05) is 12.1 Å². The normalized spacial score (nSPS) is 12.6. The van der Waals surface area contributed by atoms with Gasteiger partial charge >= 0.3 is 0 Å². The van der Waals surface area contributed by atoms with Crippen LogP contribution in [0.25, 0.3) is 0 Å². The van der Waals surface area contributed by atoms with Crippen LogP contribution in [0.1, 0.15) is 17.2 Å². The van der Waals surface area contributed by atoms with E-state index in [4.69, 9.17) is 5.84 Å².